The largest absolute Gasteiger partial charge is 0.394 e. The standard InChI is InChI=1S/C9H21NO2.ClH/c1-2-3-4-5-6-9(10,7-11)8-12;/h11-12H,2-8,10H2,1H3;1H. The number of unbranched alkanes of at least 4 members (excludes halogenated alkanes) is 3. The van der Waals surface area contributed by atoms with Gasteiger partial charge in [0.1, 0.15) is 0 Å². The second-order valence-electron chi connectivity index (χ2n) is 3.49. The molecule has 0 aromatic heterocycles. The first-order chi connectivity index (χ1) is 5.68. The lowest BCUT2D eigenvalue weighted by Crippen LogP contribution is -2.47. The molecule has 13 heavy (non-hydrogen) atoms. The molecule has 0 aromatic rings. The molecule has 0 aliphatic heterocycles. The Morgan fingerprint density at radius 2 is 1.62 bits per heavy atom. The maximum Gasteiger partial charge on any atom is 0.0633 e. The highest BCUT2D eigenvalue weighted by molar-refractivity contribution is 5.85. The van der Waals surface area contributed by atoms with Crippen molar-refractivity contribution in [3.8, 4) is 0 Å². The molecule has 0 aromatic carbocycles. The first-order valence-corrected chi connectivity index (χ1v) is 4.69. The zero-order chi connectivity index (χ0) is 9.45. The predicted molar refractivity (Wildman–Crippen MR) is 57.1 cm³/mol. The number of aliphatic hydroxyl groups excluding tert-OH is 2. The van der Waals surface area contributed by atoms with E-state index in [1.54, 1.807) is 0 Å². The normalized spacial score (nSPS) is 11.1. The van der Waals surface area contributed by atoms with Crippen LogP contribution in [0.3, 0.4) is 0 Å². The molecule has 0 unspecified atom stereocenters. The Labute approximate surface area is 86.7 Å². The third kappa shape index (κ3) is 7.26. The van der Waals surface area contributed by atoms with Crippen molar-refractivity contribution in [1.82, 2.24) is 0 Å². The van der Waals surface area contributed by atoms with Crippen molar-refractivity contribution < 1.29 is 10.2 Å². The number of halogens is 1. The summed E-state index contributed by atoms with van der Waals surface area (Å²) >= 11 is 0. The topological polar surface area (TPSA) is 66.5 Å². The highest BCUT2D eigenvalue weighted by Gasteiger charge is 2.21. The third-order valence-electron chi connectivity index (χ3n) is 2.16. The molecule has 0 spiro atoms. The summed E-state index contributed by atoms with van der Waals surface area (Å²) in [6.07, 6.45) is 5.23. The van der Waals surface area contributed by atoms with Crippen LogP contribution in [0.2, 0.25) is 0 Å². The van der Waals surface area contributed by atoms with E-state index in [9.17, 15) is 0 Å². The summed E-state index contributed by atoms with van der Waals surface area (Å²) < 4.78 is 0. The quantitative estimate of drug-likeness (QED) is 0.552. The minimum Gasteiger partial charge on any atom is -0.394 e. The molecule has 0 rings (SSSR count). The monoisotopic (exact) mass is 211 g/mol. The van der Waals surface area contributed by atoms with Gasteiger partial charge in [-0.2, -0.15) is 0 Å². The van der Waals surface area contributed by atoms with Crippen LogP contribution in [-0.2, 0) is 0 Å². The zero-order valence-corrected chi connectivity index (χ0v) is 9.15. The summed E-state index contributed by atoms with van der Waals surface area (Å²) in [5.41, 5.74) is 4.92. The summed E-state index contributed by atoms with van der Waals surface area (Å²) in [5.74, 6) is 0. The molecule has 0 aliphatic rings. The lowest BCUT2D eigenvalue weighted by molar-refractivity contribution is 0.112. The first-order valence-electron chi connectivity index (χ1n) is 4.69. The molecule has 0 fully saturated rings. The van der Waals surface area contributed by atoms with Gasteiger partial charge in [-0.15, -0.1) is 12.4 Å². The van der Waals surface area contributed by atoms with Gasteiger partial charge in [-0.25, -0.2) is 0 Å². The average molecular weight is 212 g/mol. The Morgan fingerprint density at radius 3 is 2.00 bits per heavy atom. The summed E-state index contributed by atoms with van der Waals surface area (Å²) in [6, 6.07) is 0. The van der Waals surface area contributed by atoms with Crippen LogP contribution in [0, 0.1) is 0 Å². The first kappa shape index (κ1) is 15.6. The fraction of sp³-hybridized carbons (Fsp3) is 1.00. The van der Waals surface area contributed by atoms with Crippen molar-refractivity contribution in [2.24, 2.45) is 5.73 Å². The van der Waals surface area contributed by atoms with E-state index in [0.717, 1.165) is 12.8 Å². The van der Waals surface area contributed by atoms with Crippen LogP contribution in [0.5, 0.6) is 0 Å². The van der Waals surface area contributed by atoms with Crippen LogP contribution in [0.25, 0.3) is 0 Å². The molecule has 0 saturated carbocycles. The Morgan fingerprint density at radius 1 is 1.08 bits per heavy atom. The molecular weight excluding hydrogens is 190 g/mol. The Kier molecular flexibility index (Phi) is 10.5. The number of aliphatic hydroxyl groups is 2. The summed E-state index contributed by atoms with van der Waals surface area (Å²) in [5, 5.41) is 17.7. The molecule has 4 N–H and O–H groups in total. The molecule has 0 heterocycles. The molecular formula is C9H22ClNO2. The van der Waals surface area contributed by atoms with Gasteiger partial charge in [-0.3, -0.25) is 0 Å². The maximum atomic E-state index is 8.86. The lowest BCUT2D eigenvalue weighted by atomic mass is 9.95. The van der Waals surface area contributed by atoms with Crippen molar-refractivity contribution in [2.45, 2.75) is 44.6 Å². The number of hydrogen-bond donors (Lipinski definition) is 3. The molecule has 0 amide bonds. The van der Waals surface area contributed by atoms with E-state index in [0.29, 0.717) is 6.42 Å². The van der Waals surface area contributed by atoms with E-state index >= 15 is 0 Å². The smallest absolute Gasteiger partial charge is 0.0633 e. The number of rotatable bonds is 7. The molecule has 0 atom stereocenters. The summed E-state index contributed by atoms with van der Waals surface area (Å²) in [4.78, 5) is 0. The second-order valence-corrected chi connectivity index (χ2v) is 3.49. The number of nitrogens with two attached hydrogens (primary N) is 1. The summed E-state index contributed by atoms with van der Waals surface area (Å²) in [6.45, 7) is 1.89. The second kappa shape index (κ2) is 8.75. The van der Waals surface area contributed by atoms with Crippen molar-refractivity contribution in [2.75, 3.05) is 13.2 Å². The van der Waals surface area contributed by atoms with E-state index in [-0.39, 0.29) is 25.6 Å². The van der Waals surface area contributed by atoms with Gasteiger partial charge in [-0.1, -0.05) is 32.6 Å². The molecule has 0 aliphatic carbocycles. The van der Waals surface area contributed by atoms with Crippen LogP contribution in [-0.4, -0.2) is 29.0 Å². The Balaban J connectivity index is 0. The van der Waals surface area contributed by atoms with Crippen LogP contribution in [0.15, 0.2) is 0 Å². The van der Waals surface area contributed by atoms with E-state index in [1.807, 2.05) is 0 Å². The third-order valence-corrected chi connectivity index (χ3v) is 2.16. The molecule has 0 radical (unpaired) electrons. The summed E-state index contributed by atoms with van der Waals surface area (Å²) in [7, 11) is 0. The maximum absolute atomic E-state index is 8.86. The lowest BCUT2D eigenvalue weighted by Gasteiger charge is -2.24. The Hall–Kier alpha value is 0.170. The minimum atomic E-state index is -0.756. The molecule has 3 nitrogen and oxygen atoms in total. The molecule has 4 heteroatoms. The van der Waals surface area contributed by atoms with Gasteiger partial charge < -0.3 is 15.9 Å². The SMILES string of the molecule is CCCCCCC(N)(CO)CO.Cl. The van der Waals surface area contributed by atoms with Gasteiger partial charge >= 0.3 is 0 Å². The van der Waals surface area contributed by atoms with Gasteiger partial charge in [0.25, 0.3) is 0 Å². The van der Waals surface area contributed by atoms with Crippen molar-refractivity contribution in [1.29, 1.82) is 0 Å². The number of hydrogen-bond acceptors (Lipinski definition) is 3. The van der Waals surface area contributed by atoms with E-state index < -0.39 is 5.54 Å². The minimum absolute atomic E-state index is 0. The predicted octanol–water partition coefficient (Wildman–Crippen LogP) is 1.06. The fourth-order valence-corrected chi connectivity index (χ4v) is 1.11. The van der Waals surface area contributed by atoms with Crippen molar-refractivity contribution in [3.63, 3.8) is 0 Å². The van der Waals surface area contributed by atoms with Gasteiger partial charge in [0, 0.05) is 0 Å². The van der Waals surface area contributed by atoms with Crippen LogP contribution < -0.4 is 5.73 Å². The molecule has 0 saturated heterocycles. The Bertz CT molecular complexity index is 108. The van der Waals surface area contributed by atoms with Gasteiger partial charge in [-0.05, 0) is 6.42 Å². The van der Waals surface area contributed by atoms with Crippen LogP contribution in [0.1, 0.15) is 39.0 Å². The van der Waals surface area contributed by atoms with Crippen molar-refractivity contribution >= 4 is 12.4 Å². The molecule has 0 bridgehead atoms. The fourth-order valence-electron chi connectivity index (χ4n) is 1.11. The van der Waals surface area contributed by atoms with Gasteiger partial charge in [0.15, 0.2) is 0 Å². The van der Waals surface area contributed by atoms with Gasteiger partial charge in [0.05, 0.1) is 18.8 Å². The van der Waals surface area contributed by atoms with Crippen LogP contribution in [0.4, 0.5) is 0 Å². The van der Waals surface area contributed by atoms with Gasteiger partial charge in [0.2, 0.25) is 0 Å². The highest BCUT2D eigenvalue weighted by Crippen LogP contribution is 2.11. The van der Waals surface area contributed by atoms with E-state index in [4.69, 9.17) is 15.9 Å². The zero-order valence-electron chi connectivity index (χ0n) is 8.33. The molecule has 82 valence electrons. The van der Waals surface area contributed by atoms with Crippen LogP contribution >= 0.6 is 12.4 Å². The van der Waals surface area contributed by atoms with Crippen molar-refractivity contribution in [3.05, 3.63) is 0 Å². The van der Waals surface area contributed by atoms with E-state index in [2.05, 4.69) is 6.92 Å². The average Bonchev–Trinajstić information content (AvgIpc) is 2.12. The highest BCUT2D eigenvalue weighted by atomic mass is 35.5. The van der Waals surface area contributed by atoms with E-state index in [1.165, 1.54) is 12.8 Å².